The van der Waals surface area contributed by atoms with E-state index in [4.69, 9.17) is 0 Å². The van der Waals surface area contributed by atoms with Crippen molar-refractivity contribution >= 4 is 22.2 Å². The molecular formula is C14H14N4S. The number of benzene rings is 1. The highest BCUT2D eigenvalue weighted by Crippen LogP contribution is 2.29. The van der Waals surface area contributed by atoms with Gasteiger partial charge in [-0.25, -0.2) is 0 Å². The summed E-state index contributed by atoms with van der Waals surface area (Å²) in [5, 5.41) is 14.8. The maximum atomic E-state index is 4.45. The van der Waals surface area contributed by atoms with Crippen LogP contribution in [0.4, 0.5) is 0 Å². The third-order valence-electron chi connectivity index (χ3n) is 2.86. The molecule has 0 aliphatic heterocycles. The Labute approximate surface area is 115 Å². The van der Waals surface area contributed by atoms with E-state index in [-0.39, 0.29) is 0 Å². The molecule has 3 aromatic rings. The molecule has 0 fully saturated rings. The number of para-hydroxylation sites is 1. The van der Waals surface area contributed by atoms with Crippen LogP contribution in [-0.4, -0.2) is 21.7 Å². The molecule has 1 N–H and O–H groups in total. The molecule has 0 amide bonds. The van der Waals surface area contributed by atoms with Crippen LogP contribution in [0.25, 0.3) is 21.5 Å². The number of nitrogens with one attached hydrogen (secondary N) is 1. The summed E-state index contributed by atoms with van der Waals surface area (Å²) in [4.78, 5) is 4.45. The predicted molar refractivity (Wildman–Crippen MR) is 78.0 cm³/mol. The Hall–Kier alpha value is -1.85. The van der Waals surface area contributed by atoms with Crippen LogP contribution >= 0.6 is 11.3 Å². The zero-order valence-corrected chi connectivity index (χ0v) is 11.4. The van der Waals surface area contributed by atoms with Crippen LogP contribution in [0.15, 0.2) is 36.5 Å². The Morgan fingerprint density at radius 1 is 1.16 bits per heavy atom. The Kier molecular flexibility index (Phi) is 3.48. The highest BCUT2D eigenvalue weighted by Gasteiger charge is 2.10. The summed E-state index contributed by atoms with van der Waals surface area (Å²) in [6, 6.07) is 10.2. The maximum absolute atomic E-state index is 4.45. The first-order chi connectivity index (χ1) is 9.38. The zero-order valence-electron chi connectivity index (χ0n) is 10.6. The molecule has 0 bridgehead atoms. The average molecular weight is 270 g/mol. The summed E-state index contributed by atoms with van der Waals surface area (Å²) in [6.07, 6.45) is 1.81. The summed E-state index contributed by atoms with van der Waals surface area (Å²) < 4.78 is 0. The molecule has 2 aromatic heterocycles. The highest BCUT2D eigenvalue weighted by molar-refractivity contribution is 7.14. The molecule has 0 aliphatic carbocycles. The molecule has 0 spiro atoms. The van der Waals surface area contributed by atoms with Crippen LogP contribution in [0, 0.1) is 0 Å². The summed E-state index contributed by atoms with van der Waals surface area (Å²) >= 11 is 1.62. The molecule has 96 valence electrons. The quantitative estimate of drug-likeness (QED) is 0.792. The van der Waals surface area contributed by atoms with Gasteiger partial charge in [-0.3, -0.25) is 4.98 Å². The van der Waals surface area contributed by atoms with E-state index in [2.05, 4.69) is 39.6 Å². The molecule has 4 nitrogen and oxygen atoms in total. The van der Waals surface area contributed by atoms with Crippen molar-refractivity contribution in [3.8, 4) is 10.6 Å². The minimum atomic E-state index is 0.770. The third-order valence-corrected chi connectivity index (χ3v) is 3.81. The smallest absolute Gasteiger partial charge is 0.150 e. The van der Waals surface area contributed by atoms with Crippen molar-refractivity contribution < 1.29 is 0 Å². The van der Waals surface area contributed by atoms with Crippen molar-refractivity contribution in [2.24, 2.45) is 0 Å². The number of nitrogens with zero attached hydrogens (tertiary/aromatic N) is 3. The van der Waals surface area contributed by atoms with Gasteiger partial charge >= 0.3 is 0 Å². The molecule has 0 saturated heterocycles. The first-order valence-corrected chi connectivity index (χ1v) is 7.07. The average Bonchev–Trinajstić information content (AvgIpc) is 2.93. The Bertz CT molecular complexity index is 687. The Balaban J connectivity index is 2.02. The molecule has 0 saturated carbocycles. The molecule has 19 heavy (non-hydrogen) atoms. The lowest BCUT2D eigenvalue weighted by Gasteiger charge is -2.01. The predicted octanol–water partition coefficient (Wildman–Crippen LogP) is 2.86. The standard InChI is InChI=1S/C14H14N4S/c1-2-15-9-12-17-18-14(19-12)11-7-3-5-10-6-4-8-16-13(10)11/h3-8,15H,2,9H2,1H3. The van der Waals surface area contributed by atoms with Gasteiger partial charge in [0, 0.05) is 23.7 Å². The van der Waals surface area contributed by atoms with Gasteiger partial charge in [0.15, 0.2) is 0 Å². The van der Waals surface area contributed by atoms with E-state index in [0.29, 0.717) is 0 Å². The number of hydrogen-bond donors (Lipinski definition) is 1. The molecule has 0 unspecified atom stereocenters. The van der Waals surface area contributed by atoms with Crippen LogP contribution in [-0.2, 0) is 6.54 Å². The van der Waals surface area contributed by atoms with Gasteiger partial charge in [0.2, 0.25) is 0 Å². The normalized spacial score (nSPS) is 11.0. The zero-order chi connectivity index (χ0) is 13.1. The van der Waals surface area contributed by atoms with E-state index >= 15 is 0 Å². The topological polar surface area (TPSA) is 50.7 Å². The van der Waals surface area contributed by atoms with Crippen molar-refractivity contribution in [2.45, 2.75) is 13.5 Å². The van der Waals surface area contributed by atoms with E-state index in [1.165, 1.54) is 0 Å². The van der Waals surface area contributed by atoms with Crippen molar-refractivity contribution in [1.29, 1.82) is 0 Å². The van der Waals surface area contributed by atoms with Gasteiger partial charge in [0.1, 0.15) is 10.0 Å². The number of fused-ring (bicyclic) bond motifs is 1. The minimum Gasteiger partial charge on any atom is -0.311 e. The van der Waals surface area contributed by atoms with Gasteiger partial charge in [-0.05, 0) is 18.7 Å². The van der Waals surface area contributed by atoms with E-state index in [1.54, 1.807) is 11.3 Å². The van der Waals surface area contributed by atoms with Gasteiger partial charge in [-0.1, -0.05) is 36.5 Å². The fourth-order valence-electron chi connectivity index (χ4n) is 1.94. The van der Waals surface area contributed by atoms with Gasteiger partial charge in [0.25, 0.3) is 0 Å². The summed E-state index contributed by atoms with van der Waals surface area (Å²) in [5.74, 6) is 0. The van der Waals surface area contributed by atoms with E-state index in [9.17, 15) is 0 Å². The van der Waals surface area contributed by atoms with Crippen molar-refractivity contribution in [1.82, 2.24) is 20.5 Å². The van der Waals surface area contributed by atoms with Crippen LogP contribution < -0.4 is 5.32 Å². The van der Waals surface area contributed by atoms with Gasteiger partial charge in [-0.2, -0.15) is 0 Å². The maximum Gasteiger partial charge on any atom is 0.150 e. The molecule has 0 atom stereocenters. The van der Waals surface area contributed by atoms with Crippen LogP contribution in [0.5, 0.6) is 0 Å². The second-order valence-electron chi connectivity index (χ2n) is 4.16. The number of aromatic nitrogens is 3. The number of hydrogen-bond acceptors (Lipinski definition) is 5. The summed E-state index contributed by atoms with van der Waals surface area (Å²) in [7, 11) is 0. The van der Waals surface area contributed by atoms with Crippen molar-refractivity contribution in [3.63, 3.8) is 0 Å². The molecule has 5 heteroatoms. The Morgan fingerprint density at radius 3 is 2.95 bits per heavy atom. The third kappa shape index (κ3) is 2.47. The van der Waals surface area contributed by atoms with Crippen molar-refractivity contribution in [3.05, 3.63) is 41.5 Å². The van der Waals surface area contributed by atoms with Gasteiger partial charge in [-0.15, -0.1) is 10.2 Å². The SMILES string of the molecule is CCNCc1nnc(-c2cccc3cccnc23)s1. The fraction of sp³-hybridized carbons (Fsp3) is 0.214. The summed E-state index contributed by atoms with van der Waals surface area (Å²) in [6.45, 7) is 3.79. The second-order valence-corrected chi connectivity index (χ2v) is 5.22. The van der Waals surface area contributed by atoms with Crippen LogP contribution in [0.1, 0.15) is 11.9 Å². The lowest BCUT2D eigenvalue weighted by atomic mass is 10.1. The number of pyridine rings is 1. The molecule has 1 aromatic carbocycles. The largest absolute Gasteiger partial charge is 0.311 e. The first-order valence-electron chi connectivity index (χ1n) is 6.25. The first kappa shape index (κ1) is 12.2. The molecule has 2 heterocycles. The van der Waals surface area contributed by atoms with Crippen LogP contribution in [0.2, 0.25) is 0 Å². The lowest BCUT2D eigenvalue weighted by molar-refractivity contribution is 0.715. The lowest BCUT2D eigenvalue weighted by Crippen LogP contribution is -2.11. The second kappa shape index (κ2) is 5.42. The van der Waals surface area contributed by atoms with E-state index in [0.717, 1.165) is 39.6 Å². The minimum absolute atomic E-state index is 0.770. The number of rotatable bonds is 4. The van der Waals surface area contributed by atoms with E-state index < -0.39 is 0 Å². The Morgan fingerprint density at radius 2 is 2.05 bits per heavy atom. The molecule has 3 rings (SSSR count). The molecular weight excluding hydrogens is 256 g/mol. The monoisotopic (exact) mass is 270 g/mol. The molecule has 0 aliphatic rings. The molecule has 0 radical (unpaired) electrons. The van der Waals surface area contributed by atoms with E-state index in [1.807, 2.05) is 24.4 Å². The van der Waals surface area contributed by atoms with Crippen LogP contribution in [0.3, 0.4) is 0 Å². The summed E-state index contributed by atoms with van der Waals surface area (Å²) in [5.41, 5.74) is 2.04. The van der Waals surface area contributed by atoms with Gasteiger partial charge in [0.05, 0.1) is 5.52 Å². The fourth-order valence-corrected chi connectivity index (χ4v) is 2.78. The van der Waals surface area contributed by atoms with Gasteiger partial charge < -0.3 is 5.32 Å². The van der Waals surface area contributed by atoms with Crippen molar-refractivity contribution in [2.75, 3.05) is 6.54 Å². The highest BCUT2D eigenvalue weighted by atomic mass is 32.1.